The molecule has 1 heterocycles. The molecule has 1 amide bonds. The molecule has 0 aliphatic carbocycles. The molecular formula is C11H12N2O. The lowest BCUT2D eigenvalue weighted by Crippen LogP contribution is -2.03. The zero-order valence-electron chi connectivity index (χ0n) is 8.05. The number of rotatable bonds is 2. The number of carbonyl (C=O) groups is 1. The van der Waals surface area contributed by atoms with E-state index in [9.17, 15) is 4.79 Å². The maximum absolute atomic E-state index is 11.1. The third kappa shape index (κ3) is 1.62. The molecule has 1 aromatic carbocycles. The number of nitrogens with one attached hydrogen (secondary N) is 2. The zero-order valence-corrected chi connectivity index (χ0v) is 8.05. The van der Waals surface area contributed by atoms with Crippen LogP contribution in [0.15, 0.2) is 30.5 Å². The Morgan fingerprint density at radius 2 is 2.36 bits per heavy atom. The van der Waals surface area contributed by atoms with E-state index < -0.39 is 0 Å². The van der Waals surface area contributed by atoms with Gasteiger partial charge in [-0.3, -0.25) is 4.79 Å². The average molecular weight is 188 g/mol. The summed E-state index contributed by atoms with van der Waals surface area (Å²) in [7, 11) is 0. The average Bonchev–Trinajstić information content (AvgIpc) is 2.42. The predicted octanol–water partition coefficient (Wildman–Crippen LogP) is 2.13. The first-order valence-electron chi connectivity index (χ1n) is 4.50. The lowest BCUT2D eigenvalue weighted by Gasteiger charge is -2.06. The van der Waals surface area contributed by atoms with Crippen LogP contribution < -0.4 is 10.6 Å². The quantitative estimate of drug-likeness (QED) is 0.746. The van der Waals surface area contributed by atoms with Crippen LogP contribution in [0.2, 0.25) is 0 Å². The standard InChI is InChI=1S/C11H12N2O/c1-7(2)12-9-3-4-10-8(5-9)6-11(14)13-10/h3-5,12H,1,6H2,2H3,(H,13,14). The van der Waals surface area contributed by atoms with E-state index in [4.69, 9.17) is 0 Å². The highest BCUT2D eigenvalue weighted by Crippen LogP contribution is 2.26. The molecule has 1 aliphatic heterocycles. The van der Waals surface area contributed by atoms with Gasteiger partial charge in [-0.25, -0.2) is 0 Å². The molecule has 0 bridgehead atoms. The number of carbonyl (C=O) groups excluding carboxylic acids is 1. The zero-order chi connectivity index (χ0) is 10.1. The SMILES string of the molecule is C=C(C)Nc1ccc2c(c1)CC(=O)N2. The van der Waals surface area contributed by atoms with Crippen LogP contribution in [-0.4, -0.2) is 5.91 Å². The Kier molecular flexibility index (Phi) is 2.00. The maximum Gasteiger partial charge on any atom is 0.228 e. The van der Waals surface area contributed by atoms with E-state index in [0.717, 1.165) is 22.6 Å². The minimum Gasteiger partial charge on any atom is -0.360 e. The fourth-order valence-electron chi connectivity index (χ4n) is 1.55. The third-order valence-electron chi connectivity index (χ3n) is 2.09. The van der Waals surface area contributed by atoms with E-state index in [1.807, 2.05) is 25.1 Å². The number of benzene rings is 1. The molecule has 14 heavy (non-hydrogen) atoms. The van der Waals surface area contributed by atoms with Crippen molar-refractivity contribution in [2.75, 3.05) is 10.6 Å². The summed E-state index contributed by atoms with van der Waals surface area (Å²) in [6.07, 6.45) is 0.473. The van der Waals surface area contributed by atoms with Gasteiger partial charge in [0.15, 0.2) is 0 Å². The normalized spacial score (nSPS) is 13.4. The molecule has 2 N–H and O–H groups in total. The molecule has 0 radical (unpaired) electrons. The van der Waals surface area contributed by atoms with Crippen LogP contribution in [0.1, 0.15) is 12.5 Å². The molecule has 0 saturated heterocycles. The van der Waals surface area contributed by atoms with Crippen molar-refractivity contribution in [2.24, 2.45) is 0 Å². The van der Waals surface area contributed by atoms with E-state index in [1.54, 1.807) is 0 Å². The molecule has 2 rings (SSSR count). The van der Waals surface area contributed by atoms with Crippen molar-refractivity contribution in [3.8, 4) is 0 Å². The summed E-state index contributed by atoms with van der Waals surface area (Å²) in [5.41, 5.74) is 3.83. The first kappa shape index (κ1) is 8.81. The summed E-state index contributed by atoms with van der Waals surface area (Å²) in [4.78, 5) is 11.1. The van der Waals surface area contributed by atoms with Crippen molar-refractivity contribution >= 4 is 17.3 Å². The maximum atomic E-state index is 11.1. The monoisotopic (exact) mass is 188 g/mol. The number of hydrogen-bond acceptors (Lipinski definition) is 2. The molecule has 72 valence electrons. The minimum absolute atomic E-state index is 0.0625. The van der Waals surface area contributed by atoms with Crippen molar-refractivity contribution in [1.29, 1.82) is 0 Å². The summed E-state index contributed by atoms with van der Waals surface area (Å²) < 4.78 is 0. The second-order valence-corrected chi connectivity index (χ2v) is 3.50. The van der Waals surface area contributed by atoms with Gasteiger partial charge in [0.1, 0.15) is 0 Å². The minimum atomic E-state index is 0.0625. The van der Waals surface area contributed by atoms with Gasteiger partial charge in [0.25, 0.3) is 0 Å². The Balaban J connectivity index is 2.28. The second kappa shape index (κ2) is 3.18. The van der Waals surface area contributed by atoms with E-state index in [-0.39, 0.29) is 5.91 Å². The first-order chi connectivity index (χ1) is 6.65. The van der Waals surface area contributed by atoms with Crippen molar-refractivity contribution in [3.63, 3.8) is 0 Å². The van der Waals surface area contributed by atoms with Gasteiger partial charge < -0.3 is 10.6 Å². The van der Waals surface area contributed by atoms with Crippen LogP contribution in [0.5, 0.6) is 0 Å². The Morgan fingerprint density at radius 1 is 1.57 bits per heavy atom. The Bertz CT molecular complexity index is 410. The van der Waals surface area contributed by atoms with Crippen LogP contribution in [0.3, 0.4) is 0 Å². The van der Waals surface area contributed by atoms with Gasteiger partial charge in [0.2, 0.25) is 5.91 Å². The van der Waals surface area contributed by atoms with Crippen LogP contribution in [0.4, 0.5) is 11.4 Å². The molecule has 1 aromatic rings. The van der Waals surface area contributed by atoms with Crippen LogP contribution >= 0.6 is 0 Å². The van der Waals surface area contributed by atoms with Gasteiger partial charge in [0.05, 0.1) is 6.42 Å². The smallest absolute Gasteiger partial charge is 0.228 e. The molecule has 3 heteroatoms. The van der Waals surface area contributed by atoms with Gasteiger partial charge >= 0.3 is 0 Å². The number of hydrogen-bond donors (Lipinski definition) is 2. The van der Waals surface area contributed by atoms with E-state index in [2.05, 4.69) is 17.2 Å². The Hall–Kier alpha value is -1.77. The molecule has 0 aromatic heterocycles. The molecule has 0 atom stereocenters. The molecule has 3 nitrogen and oxygen atoms in total. The van der Waals surface area contributed by atoms with Gasteiger partial charge in [0, 0.05) is 17.1 Å². The summed E-state index contributed by atoms with van der Waals surface area (Å²) in [5.74, 6) is 0.0625. The van der Waals surface area contributed by atoms with Crippen molar-refractivity contribution in [2.45, 2.75) is 13.3 Å². The van der Waals surface area contributed by atoms with Crippen molar-refractivity contribution in [1.82, 2.24) is 0 Å². The van der Waals surface area contributed by atoms with E-state index in [1.165, 1.54) is 0 Å². The number of fused-ring (bicyclic) bond motifs is 1. The number of anilines is 2. The van der Waals surface area contributed by atoms with Crippen molar-refractivity contribution < 1.29 is 4.79 Å². The van der Waals surface area contributed by atoms with Gasteiger partial charge in [-0.2, -0.15) is 0 Å². The highest BCUT2D eigenvalue weighted by atomic mass is 16.1. The number of allylic oxidation sites excluding steroid dienone is 1. The Morgan fingerprint density at radius 3 is 3.07 bits per heavy atom. The fraction of sp³-hybridized carbons (Fsp3) is 0.182. The Labute approximate surface area is 82.8 Å². The van der Waals surface area contributed by atoms with E-state index >= 15 is 0 Å². The summed E-state index contributed by atoms with van der Waals surface area (Å²) in [6, 6.07) is 5.81. The third-order valence-corrected chi connectivity index (χ3v) is 2.09. The molecular weight excluding hydrogens is 176 g/mol. The molecule has 0 saturated carbocycles. The summed E-state index contributed by atoms with van der Waals surface area (Å²) >= 11 is 0. The van der Waals surface area contributed by atoms with E-state index in [0.29, 0.717) is 6.42 Å². The first-order valence-corrected chi connectivity index (χ1v) is 4.50. The van der Waals surface area contributed by atoms with Gasteiger partial charge in [-0.05, 0) is 30.7 Å². The van der Waals surface area contributed by atoms with Crippen LogP contribution in [-0.2, 0) is 11.2 Å². The lowest BCUT2D eigenvalue weighted by atomic mass is 10.1. The molecule has 0 fully saturated rings. The second-order valence-electron chi connectivity index (χ2n) is 3.50. The molecule has 0 unspecified atom stereocenters. The highest BCUT2D eigenvalue weighted by molar-refractivity contribution is 5.99. The highest BCUT2D eigenvalue weighted by Gasteiger charge is 2.17. The van der Waals surface area contributed by atoms with Crippen LogP contribution in [0.25, 0.3) is 0 Å². The van der Waals surface area contributed by atoms with Crippen LogP contribution in [0, 0.1) is 0 Å². The molecule has 0 spiro atoms. The lowest BCUT2D eigenvalue weighted by molar-refractivity contribution is -0.115. The predicted molar refractivity (Wildman–Crippen MR) is 57.2 cm³/mol. The summed E-state index contributed by atoms with van der Waals surface area (Å²) in [5, 5.41) is 5.90. The summed E-state index contributed by atoms with van der Waals surface area (Å²) in [6.45, 7) is 5.66. The fourth-order valence-corrected chi connectivity index (χ4v) is 1.55. The van der Waals surface area contributed by atoms with Gasteiger partial charge in [-0.15, -0.1) is 0 Å². The topological polar surface area (TPSA) is 41.1 Å². The van der Waals surface area contributed by atoms with Gasteiger partial charge in [-0.1, -0.05) is 6.58 Å². The largest absolute Gasteiger partial charge is 0.360 e. The van der Waals surface area contributed by atoms with Crippen molar-refractivity contribution in [3.05, 3.63) is 36.0 Å². The molecule has 1 aliphatic rings. The number of amides is 1.